The maximum absolute atomic E-state index is 14.9. The number of ether oxygens (including phenoxy) is 2. The van der Waals surface area contributed by atoms with Crippen molar-refractivity contribution in [3.8, 4) is 23.6 Å². The Balaban J connectivity index is 1.46. The second kappa shape index (κ2) is 31.4. The van der Waals surface area contributed by atoms with Gasteiger partial charge in [0, 0.05) is 0 Å². The molecule has 2 unspecified atom stereocenters. The summed E-state index contributed by atoms with van der Waals surface area (Å²) in [6.07, 6.45) is 24.0. The van der Waals surface area contributed by atoms with E-state index in [9.17, 15) is 29.7 Å². The number of unbranched alkanes of at least 4 members (excludes halogenated alkanes) is 16. The SMILES string of the molecule is CCCCCCCCC(CCCCCC)C(=O)Oc1c2c(c(OC(=O)C(CCCCCC)CCCCCCCC)c3c1SC(=C1C(=O)N(Cc4ccccc4)N(Cc4ccccc4)C1=O)S3)SC(=C(C#N)C#N)S2. The number of hydrazine groups is 1. The van der Waals surface area contributed by atoms with Crippen molar-refractivity contribution in [2.75, 3.05) is 0 Å². The smallest absolute Gasteiger partial charge is 0.314 e. The van der Waals surface area contributed by atoms with E-state index in [1.54, 1.807) is 0 Å². The van der Waals surface area contributed by atoms with Crippen LogP contribution in [0.5, 0.6) is 11.5 Å². The normalized spacial score (nSPS) is 14.8. The molecule has 0 aromatic heterocycles. The van der Waals surface area contributed by atoms with Gasteiger partial charge in [0.2, 0.25) is 0 Å². The Morgan fingerprint density at radius 2 is 0.811 bits per heavy atom. The topological polar surface area (TPSA) is 141 Å². The minimum absolute atomic E-state index is 0.0105. The molecule has 0 saturated carbocycles. The highest BCUT2D eigenvalue weighted by Gasteiger charge is 2.47. The lowest BCUT2D eigenvalue weighted by atomic mass is 9.94. The van der Waals surface area contributed by atoms with Gasteiger partial charge in [0.25, 0.3) is 11.8 Å². The molecule has 3 heterocycles. The van der Waals surface area contributed by atoms with Crippen LogP contribution in [0.3, 0.4) is 0 Å². The molecule has 1 saturated heterocycles. The number of allylic oxidation sites excluding steroid dienone is 1. The maximum Gasteiger partial charge on any atom is 0.314 e. The number of benzene rings is 3. The van der Waals surface area contributed by atoms with Gasteiger partial charge in [0.05, 0.1) is 53.0 Å². The van der Waals surface area contributed by atoms with Crippen LogP contribution in [0.4, 0.5) is 0 Å². The van der Waals surface area contributed by atoms with Crippen molar-refractivity contribution in [2.24, 2.45) is 11.8 Å². The van der Waals surface area contributed by atoms with Gasteiger partial charge in [0.1, 0.15) is 23.3 Å². The predicted molar refractivity (Wildman–Crippen MR) is 301 cm³/mol. The zero-order valence-corrected chi connectivity index (χ0v) is 47.5. The number of nitrogens with zero attached hydrogens (tertiary/aromatic N) is 4. The average molecular weight is 1080 g/mol. The molecule has 3 aromatic rings. The summed E-state index contributed by atoms with van der Waals surface area (Å²) in [6.45, 7) is 9.07. The highest BCUT2D eigenvalue weighted by molar-refractivity contribution is 8.26. The molecular formula is C60H76N4O6S4. The monoisotopic (exact) mass is 1080 g/mol. The summed E-state index contributed by atoms with van der Waals surface area (Å²) in [4.78, 5) is 61.4. The number of fused-ring (bicyclic) bond motifs is 2. The molecule has 3 aliphatic rings. The molecule has 6 rings (SSSR count). The van der Waals surface area contributed by atoms with Crippen LogP contribution in [0.1, 0.15) is 193 Å². The number of rotatable bonds is 32. The van der Waals surface area contributed by atoms with E-state index in [1.165, 1.54) is 59.2 Å². The Labute approximate surface area is 458 Å². The quantitative estimate of drug-likeness (QED) is 0.0147. The van der Waals surface area contributed by atoms with Gasteiger partial charge >= 0.3 is 11.9 Å². The Kier molecular flexibility index (Phi) is 24.9. The lowest BCUT2D eigenvalue weighted by molar-refractivity contribution is -0.149. The lowest BCUT2D eigenvalue weighted by Gasteiger charge is -2.27. The average Bonchev–Trinajstić information content (AvgIpc) is 4.11. The Morgan fingerprint density at radius 3 is 1.16 bits per heavy atom. The predicted octanol–water partition coefficient (Wildman–Crippen LogP) is 17.0. The van der Waals surface area contributed by atoms with E-state index in [4.69, 9.17) is 9.47 Å². The summed E-state index contributed by atoms with van der Waals surface area (Å²) in [5.41, 5.74) is 1.61. The third-order valence-corrected chi connectivity index (χ3v) is 19.1. The summed E-state index contributed by atoms with van der Waals surface area (Å²) in [5.74, 6) is -1.90. The number of thioether (sulfide) groups is 4. The van der Waals surface area contributed by atoms with Crippen molar-refractivity contribution in [1.82, 2.24) is 10.0 Å². The third kappa shape index (κ3) is 16.2. The second-order valence-electron chi connectivity index (χ2n) is 19.7. The number of hydrogen-bond acceptors (Lipinski definition) is 12. The summed E-state index contributed by atoms with van der Waals surface area (Å²) in [6, 6.07) is 23.2. The lowest BCUT2D eigenvalue weighted by Crippen LogP contribution is -2.39. The summed E-state index contributed by atoms with van der Waals surface area (Å²) in [7, 11) is 0. The zero-order valence-electron chi connectivity index (χ0n) is 44.2. The van der Waals surface area contributed by atoms with E-state index < -0.39 is 11.8 Å². The molecule has 74 heavy (non-hydrogen) atoms. The first kappa shape index (κ1) is 58.7. The molecule has 10 nitrogen and oxygen atoms in total. The zero-order chi connectivity index (χ0) is 52.7. The second-order valence-corrected chi connectivity index (χ2v) is 24.3. The van der Waals surface area contributed by atoms with E-state index in [0.717, 1.165) is 137 Å². The molecule has 0 spiro atoms. The first-order valence-corrected chi connectivity index (χ1v) is 30.8. The van der Waals surface area contributed by atoms with E-state index >= 15 is 0 Å². The fourth-order valence-electron chi connectivity index (χ4n) is 9.58. The summed E-state index contributed by atoms with van der Waals surface area (Å²) >= 11 is 4.69. The molecule has 3 aromatic carbocycles. The van der Waals surface area contributed by atoms with Gasteiger partial charge in [-0.15, -0.1) is 0 Å². The molecule has 0 N–H and O–H groups in total. The Morgan fingerprint density at radius 1 is 0.486 bits per heavy atom. The van der Waals surface area contributed by atoms with Crippen molar-refractivity contribution in [3.05, 3.63) is 91.4 Å². The molecule has 0 aliphatic carbocycles. The molecule has 2 atom stereocenters. The van der Waals surface area contributed by atoms with E-state index in [2.05, 4.69) is 27.7 Å². The van der Waals surface area contributed by atoms with Crippen molar-refractivity contribution < 1.29 is 28.7 Å². The molecule has 0 bridgehead atoms. The summed E-state index contributed by atoms with van der Waals surface area (Å²) in [5, 5.41) is 23.3. The molecule has 0 radical (unpaired) electrons. The van der Waals surface area contributed by atoms with Gasteiger partial charge in [-0.3, -0.25) is 19.2 Å². The van der Waals surface area contributed by atoms with Crippen LogP contribution in [-0.4, -0.2) is 33.8 Å². The molecule has 3 aliphatic heterocycles. The van der Waals surface area contributed by atoms with Gasteiger partial charge in [-0.2, -0.15) is 10.5 Å². The molecule has 14 heteroatoms. The van der Waals surface area contributed by atoms with Crippen LogP contribution in [0.2, 0.25) is 0 Å². The number of amides is 2. The maximum atomic E-state index is 14.9. The highest BCUT2D eigenvalue weighted by atomic mass is 32.2. The number of nitriles is 2. The van der Waals surface area contributed by atoms with Crippen LogP contribution in [0.15, 0.2) is 99.9 Å². The minimum atomic E-state index is -0.457. The highest BCUT2D eigenvalue weighted by Crippen LogP contribution is 2.69. The standard InChI is InChI=1S/C60H76N4O6S4/c1-5-9-13-17-19-29-37-45(35-27-15-11-7-3)57(67)69-49-51-52(72-59(71-51)47(39-61)40-62)50(70-58(68)46(36-28-16-12-8-4)38-30-20-18-14-10-6-2)54-53(49)73-60(74-54)48-55(65)63(41-43-31-23-21-24-32-43)64(56(48)66)42-44-33-25-22-26-34-44/h21-26,31-34,45-46H,5-20,27-30,35-38,41-42H2,1-4H3. The molecule has 1 fully saturated rings. The van der Waals surface area contributed by atoms with Crippen molar-refractivity contribution in [2.45, 2.75) is 214 Å². The van der Waals surface area contributed by atoms with Crippen LogP contribution in [0, 0.1) is 34.5 Å². The van der Waals surface area contributed by atoms with Crippen LogP contribution in [-0.2, 0) is 32.3 Å². The van der Waals surface area contributed by atoms with Crippen molar-refractivity contribution in [1.29, 1.82) is 10.5 Å². The van der Waals surface area contributed by atoms with Crippen molar-refractivity contribution in [3.63, 3.8) is 0 Å². The first-order valence-electron chi connectivity index (χ1n) is 27.6. The largest absolute Gasteiger partial charge is 0.424 e. The van der Waals surface area contributed by atoms with Gasteiger partial charge < -0.3 is 9.47 Å². The van der Waals surface area contributed by atoms with Crippen LogP contribution < -0.4 is 9.47 Å². The van der Waals surface area contributed by atoms with Gasteiger partial charge in [-0.05, 0) is 36.8 Å². The number of carbonyl (C=O) groups is 4. The van der Waals surface area contributed by atoms with Crippen molar-refractivity contribution >= 4 is 70.8 Å². The fourth-order valence-corrected chi connectivity index (χ4v) is 14.9. The molecule has 2 amide bonds. The van der Waals surface area contributed by atoms with Crippen LogP contribution in [0.25, 0.3) is 0 Å². The van der Waals surface area contributed by atoms with E-state index in [-0.39, 0.29) is 59.5 Å². The third-order valence-electron chi connectivity index (χ3n) is 13.9. The Hall–Kier alpha value is -4.60. The minimum Gasteiger partial charge on any atom is -0.424 e. The van der Waals surface area contributed by atoms with E-state index in [1.807, 2.05) is 72.8 Å². The van der Waals surface area contributed by atoms with Crippen LogP contribution >= 0.6 is 47.0 Å². The Bertz CT molecular complexity index is 2350. The van der Waals surface area contributed by atoms with Gasteiger partial charge in [0.15, 0.2) is 11.5 Å². The van der Waals surface area contributed by atoms with Gasteiger partial charge in [-0.25, -0.2) is 10.0 Å². The summed E-state index contributed by atoms with van der Waals surface area (Å²) < 4.78 is 14.2. The van der Waals surface area contributed by atoms with E-state index in [0.29, 0.717) is 53.7 Å². The fraction of sp³-hybridized carbons (Fsp3) is 0.533. The first-order chi connectivity index (χ1) is 36.2. The number of hydrogen-bond donors (Lipinski definition) is 0. The molecular weight excluding hydrogens is 1000 g/mol. The number of carbonyl (C=O) groups excluding carboxylic acids is 4. The molecule has 396 valence electrons. The van der Waals surface area contributed by atoms with Gasteiger partial charge in [-0.1, -0.05) is 264 Å². The number of esters is 2.